The van der Waals surface area contributed by atoms with Crippen LogP contribution in [0.4, 0.5) is 34.1 Å². The molecule has 6 aromatic heterocycles. The molecule has 0 atom stereocenters. The maximum atomic E-state index is 6.18. The third-order valence-electron chi connectivity index (χ3n) is 26.8. The standard InChI is InChI=1S/2C22H17N3.C22H23N3.C19H16ClN3.2C19H17N3/c2*1-2-6-19-15(5-1)9-10-16-13-17(25-22(16)19)11-12-18-14-23-20-7-3-4-8-21(20)24-18;1-22(2,3)16-8-11-19-15(12-16)13-17(24-19)9-10-18-14-23-20-6-4-5-7-21(20)25-18;1-12-8-13-9-14(22-19(13)10-16(12)20)6-7-15-11-21-17-4-2-3-5-18(17)23-15;2*1-13-6-7-14-11-15(21-19(14)10-13)8-9-16-12-20-17-4-2-3-5-18(17)22-16/h2*1-10,14H,11-13H2;4-8,11-12,14H,9-10,13H2,1-3H3;2-5,8,10-11H,6-7,9H2,1H3;2*2-7,10,12H,8-9,11H2,1H3. The minimum Gasteiger partial charge on any atom is -0.257 e. The summed E-state index contributed by atoms with van der Waals surface area (Å²) in [6, 6.07) is 97.6. The molecule has 12 heterocycles. The Bertz CT molecular complexity index is 8110. The molecule has 0 saturated carbocycles. The lowest BCUT2D eigenvalue weighted by molar-refractivity contribution is 0.590. The van der Waals surface area contributed by atoms with E-state index in [4.69, 9.17) is 56.5 Å². The normalized spacial score (nSPS) is 13.3. The van der Waals surface area contributed by atoms with Crippen molar-refractivity contribution in [1.29, 1.82) is 0 Å². The summed E-state index contributed by atoms with van der Waals surface area (Å²) in [6.45, 7) is 13.0. The van der Waals surface area contributed by atoms with Gasteiger partial charge in [-0.25, -0.2) is 29.9 Å². The summed E-state index contributed by atoms with van der Waals surface area (Å²) in [6.07, 6.45) is 27.9. The van der Waals surface area contributed by atoms with Crippen molar-refractivity contribution in [2.45, 2.75) is 163 Å². The van der Waals surface area contributed by atoms with Crippen LogP contribution >= 0.6 is 11.6 Å². The van der Waals surface area contributed by atoms with Crippen LogP contribution < -0.4 is 0 Å². The molecule has 0 bridgehead atoms. The Kier molecular flexibility index (Phi) is 27.3. The summed E-state index contributed by atoms with van der Waals surface area (Å²) < 4.78 is 0. The van der Waals surface area contributed by atoms with Crippen molar-refractivity contribution in [3.8, 4) is 0 Å². The summed E-state index contributed by atoms with van der Waals surface area (Å²) >= 11 is 6.18. The minimum absolute atomic E-state index is 0.179. The number of aromatic nitrogens is 12. The minimum atomic E-state index is 0.179. The Hall–Kier alpha value is -16.1. The molecular formula is C123H107ClN18. The van der Waals surface area contributed by atoms with E-state index in [1.807, 2.05) is 196 Å². The summed E-state index contributed by atoms with van der Waals surface area (Å²) in [5.74, 6) is 0. The molecule has 19 heteroatoms. The average molecular weight is 1870 g/mol. The van der Waals surface area contributed by atoms with Crippen molar-refractivity contribution in [3.05, 3.63) is 417 Å². The lowest BCUT2D eigenvalue weighted by Gasteiger charge is -2.19. The van der Waals surface area contributed by atoms with Gasteiger partial charge in [0.2, 0.25) is 0 Å². The highest BCUT2D eigenvalue weighted by Crippen LogP contribution is 2.41. The van der Waals surface area contributed by atoms with Gasteiger partial charge in [-0.2, -0.15) is 0 Å². The van der Waals surface area contributed by atoms with Gasteiger partial charge in [-0.3, -0.25) is 59.9 Å². The van der Waals surface area contributed by atoms with Crippen LogP contribution in [-0.4, -0.2) is 94.1 Å². The second-order valence-electron chi connectivity index (χ2n) is 38.4. The largest absolute Gasteiger partial charge is 0.257 e. The van der Waals surface area contributed by atoms with Gasteiger partial charge in [-0.1, -0.05) is 220 Å². The molecule has 26 rings (SSSR count). The number of aliphatic imine (C=N–C) groups is 6. The number of aryl methyl sites for hydroxylation is 9. The molecule has 0 radical (unpaired) electrons. The monoisotopic (exact) mass is 1870 g/mol. The summed E-state index contributed by atoms with van der Waals surface area (Å²) in [7, 11) is 0. The van der Waals surface area contributed by atoms with Gasteiger partial charge in [0.15, 0.2) is 0 Å². The van der Waals surface area contributed by atoms with E-state index < -0.39 is 0 Å². The smallest absolute Gasteiger partial charge is 0.0890 e. The van der Waals surface area contributed by atoms with E-state index in [1.165, 1.54) is 106 Å². The molecule has 0 unspecified atom stereocenters. The highest BCUT2D eigenvalue weighted by Gasteiger charge is 2.25. The van der Waals surface area contributed by atoms with Gasteiger partial charge in [0.1, 0.15) is 0 Å². The molecule has 6 aliphatic heterocycles. The van der Waals surface area contributed by atoms with E-state index in [2.05, 4.69) is 213 Å². The predicted octanol–water partition coefficient (Wildman–Crippen LogP) is 28.5. The first-order chi connectivity index (χ1) is 69.5. The fraction of sp³-hybridized carbons (Fsp3) is 0.203. The van der Waals surface area contributed by atoms with Crippen molar-refractivity contribution in [3.63, 3.8) is 0 Å². The summed E-state index contributed by atoms with van der Waals surface area (Å²) in [4.78, 5) is 84.0. The van der Waals surface area contributed by atoms with Crippen LogP contribution in [0.15, 0.2) is 352 Å². The zero-order valence-corrected chi connectivity index (χ0v) is 81.5. The molecule has 0 aliphatic carbocycles. The summed E-state index contributed by atoms with van der Waals surface area (Å²) in [5.41, 5.74) is 44.9. The van der Waals surface area contributed by atoms with Crippen LogP contribution in [0.25, 0.3) is 87.7 Å². The van der Waals surface area contributed by atoms with Crippen LogP contribution in [0.2, 0.25) is 5.02 Å². The predicted molar refractivity (Wildman–Crippen MR) is 584 cm³/mol. The van der Waals surface area contributed by atoms with E-state index in [0.29, 0.717) is 0 Å². The third-order valence-corrected chi connectivity index (χ3v) is 27.2. The van der Waals surface area contributed by atoms with E-state index >= 15 is 0 Å². The SMILES string of the molecule is CC(C)(C)c1ccc2c(c1)CC(CCc1cnc3ccccc3n1)=N2.Cc1cc2c(cc1Cl)N=C(CCc1cnc3ccccc3n1)C2.Cc1ccc2c(c1)N=C(CCc1cnc3ccccc3n1)C2.Cc1ccc2c(c1)N=C(CCc1cnc3ccccc3n1)C2.c1ccc2c3c(ccc2c1)CC(CCc1cnc2ccccc2n1)=N3.c1ccc2c3c(ccc2c1)CC(CCc1cnc2ccccc2n1)=N3. The number of halogens is 1. The van der Waals surface area contributed by atoms with Crippen LogP contribution in [0.5, 0.6) is 0 Å². The Morgan fingerprint density at radius 3 is 0.831 bits per heavy atom. The molecule has 142 heavy (non-hydrogen) atoms. The van der Waals surface area contributed by atoms with Crippen molar-refractivity contribution in [1.82, 2.24) is 59.8 Å². The van der Waals surface area contributed by atoms with E-state index in [-0.39, 0.29) is 5.41 Å². The van der Waals surface area contributed by atoms with Crippen LogP contribution in [-0.2, 0) is 82.5 Å². The first kappa shape index (κ1) is 92.3. The Morgan fingerprint density at radius 1 is 0.232 bits per heavy atom. The van der Waals surface area contributed by atoms with Crippen molar-refractivity contribution < 1.29 is 0 Å². The lowest BCUT2D eigenvalue weighted by Crippen LogP contribution is -2.11. The quantitative estimate of drug-likeness (QED) is 0.0781. The van der Waals surface area contributed by atoms with Gasteiger partial charge in [0.25, 0.3) is 0 Å². The van der Waals surface area contributed by atoms with E-state index in [0.717, 1.165) is 261 Å². The fourth-order valence-electron chi connectivity index (χ4n) is 19.0. The number of hydrogen-bond acceptors (Lipinski definition) is 18. The van der Waals surface area contributed by atoms with Crippen molar-refractivity contribution in [2.24, 2.45) is 30.0 Å². The number of para-hydroxylation sites is 12. The Balaban J connectivity index is 0.000000101. The highest BCUT2D eigenvalue weighted by molar-refractivity contribution is 6.31. The van der Waals surface area contributed by atoms with Gasteiger partial charge < -0.3 is 0 Å². The first-order valence-corrected chi connectivity index (χ1v) is 49.6. The van der Waals surface area contributed by atoms with Gasteiger partial charge in [-0.05, 0) is 267 Å². The molecule has 0 fully saturated rings. The molecule has 0 spiro atoms. The third kappa shape index (κ3) is 22.1. The topological polar surface area (TPSA) is 229 Å². The second kappa shape index (κ2) is 41.9. The van der Waals surface area contributed by atoms with Gasteiger partial charge >= 0.3 is 0 Å². The lowest BCUT2D eigenvalue weighted by atomic mass is 9.85. The second-order valence-corrected chi connectivity index (χ2v) is 38.8. The fourth-order valence-corrected chi connectivity index (χ4v) is 19.2. The number of rotatable bonds is 18. The molecule has 18 nitrogen and oxygen atoms in total. The van der Waals surface area contributed by atoms with E-state index in [9.17, 15) is 0 Å². The molecule has 6 aliphatic rings. The zero-order chi connectivity index (χ0) is 96.4. The van der Waals surface area contributed by atoms with Gasteiger partial charge in [0.05, 0.1) is 134 Å². The molecule has 696 valence electrons. The van der Waals surface area contributed by atoms with Crippen LogP contribution in [0.3, 0.4) is 0 Å². The maximum Gasteiger partial charge on any atom is 0.0890 e. The highest BCUT2D eigenvalue weighted by atomic mass is 35.5. The molecule has 0 saturated heterocycles. The first-order valence-electron chi connectivity index (χ1n) is 49.2. The average Bonchev–Trinajstić information content (AvgIpc) is 1.64. The maximum absolute atomic E-state index is 6.18. The number of benzene rings is 14. The number of fused-ring (bicyclic) bond motifs is 16. The van der Waals surface area contributed by atoms with Crippen molar-refractivity contribution >= 4 is 168 Å². The number of nitrogens with zero attached hydrogens (tertiary/aromatic N) is 18. The summed E-state index contributed by atoms with van der Waals surface area (Å²) in [5, 5.41) is 5.80. The van der Waals surface area contributed by atoms with E-state index in [1.54, 1.807) is 0 Å². The Morgan fingerprint density at radius 2 is 0.500 bits per heavy atom. The molecule has 0 N–H and O–H groups in total. The molecular weight excluding hydrogens is 1760 g/mol. The molecule has 0 amide bonds. The van der Waals surface area contributed by atoms with Crippen molar-refractivity contribution in [2.75, 3.05) is 0 Å². The van der Waals surface area contributed by atoms with Crippen LogP contribution in [0, 0.1) is 20.8 Å². The number of hydrogen-bond donors (Lipinski definition) is 0. The van der Waals surface area contributed by atoms with Crippen LogP contribution in [0.1, 0.15) is 149 Å². The van der Waals surface area contributed by atoms with Gasteiger partial charge in [-0.15, -0.1) is 0 Å². The molecule has 14 aromatic carbocycles. The molecule has 20 aromatic rings. The zero-order valence-electron chi connectivity index (χ0n) is 80.8. The van der Waals surface area contributed by atoms with Gasteiger partial charge in [0, 0.05) is 126 Å². The Labute approximate surface area is 831 Å².